The third-order valence-electron chi connectivity index (χ3n) is 6.81. The van der Waals surface area contributed by atoms with Crippen molar-refractivity contribution in [3.8, 4) is 5.75 Å². The van der Waals surface area contributed by atoms with Gasteiger partial charge in [-0.05, 0) is 72.8 Å². The number of rotatable bonds is 14. The van der Waals surface area contributed by atoms with Crippen molar-refractivity contribution < 1.29 is 14.3 Å². The maximum absolute atomic E-state index is 12.9. The summed E-state index contributed by atoms with van der Waals surface area (Å²) in [4.78, 5) is 31.7. The van der Waals surface area contributed by atoms with Gasteiger partial charge in [-0.25, -0.2) is 4.98 Å². The molecule has 0 saturated heterocycles. The van der Waals surface area contributed by atoms with Gasteiger partial charge in [0.1, 0.15) is 17.4 Å². The van der Waals surface area contributed by atoms with E-state index >= 15 is 0 Å². The molecule has 0 saturated carbocycles. The first-order valence-electron chi connectivity index (χ1n) is 14.3. The van der Waals surface area contributed by atoms with Crippen LogP contribution >= 0.6 is 11.3 Å². The molecule has 7 nitrogen and oxygen atoms in total. The van der Waals surface area contributed by atoms with E-state index < -0.39 is 0 Å². The van der Waals surface area contributed by atoms with Gasteiger partial charge < -0.3 is 20.3 Å². The molecule has 220 valence electrons. The Morgan fingerprint density at radius 2 is 1.74 bits per heavy atom. The van der Waals surface area contributed by atoms with Crippen LogP contribution in [-0.4, -0.2) is 41.8 Å². The minimum absolute atomic E-state index is 0.142. The van der Waals surface area contributed by atoms with Crippen LogP contribution in [0.15, 0.2) is 78.2 Å². The van der Waals surface area contributed by atoms with Crippen LogP contribution in [0.25, 0.3) is 0 Å². The minimum Gasteiger partial charge on any atom is -0.489 e. The van der Waals surface area contributed by atoms with Crippen molar-refractivity contribution in [1.82, 2.24) is 20.5 Å². The Labute approximate surface area is 253 Å². The first kappa shape index (κ1) is 30.9. The first-order valence-corrected chi connectivity index (χ1v) is 15.2. The summed E-state index contributed by atoms with van der Waals surface area (Å²) >= 11 is 1.54. The van der Waals surface area contributed by atoms with Gasteiger partial charge in [0.25, 0.3) is 11.8 Å². The fourth-order valence-corrected chi connectivity index (χ4v) is 5.28. The number of aryl methyl sites for hydroxylation is 1. The van der Waals surface area contributed by atoms with Gasteiger partial charge in [-0.1, -0.05) is 56.3 Å². The number of hydrogen-bond acceptors (Lipinski definition) is 6. The topological polar surface area (TPSA) is 83.6 Å². The molecular weight excluding hydrogens is 544 g/mol. The first-order chi connectivity index (χ1) is 20.3. The average Bonchev–Trinajstić information content (AvgIpc) is 3.41. The molecule has 0 aliphatic heterocycles. The number of nitrogens with zero attached hydrogens (tertiary/aromatic N) is 2. The average molecular weight is 585 g/mol. The fraction of sp³-hybridized carbons (Fsp3) is 0.324. The maximum Gasteiger partial charge on any atom is 0.253 e. The van der Waals surface area contributed by atoms with E-state index in [1.54, 1.807) is 36.2 Å². The molecule has 0 spiro atoms. The van der Waals surface area contributed by atoms with Crippen LogP contribution in [-0.2, 0) is 19.7 Å². The van der Waals surface area contributed by atoms with Crippen LogP contribution in [0.1, 0.15) is 74.3 Å². The third kappa shape index (κ3) is 9.26. The second kappa shape index (κ2) is 15.3. The number of benzene rings is 3. The van der Waals surface area contributed by atoms with Crippen LogP contribution < -0.4 is 15.4 Å². The van der Waals surface area contributed by atoms with Gasteiger partial charge in [0, 0.05) is 42.3 Å². The molecule has 0 radical (unpaired) electrons. The van der Waals surface area contributed by atoms with E-state index in [1.165, 1.54) is 22.5 Å². The molecular formula is C34H40N4O3S. The second-order valence-corrected chi connectivity index (χ2v) is 11.7. The highest BCUT2D eigenvalue weighted by Gasteiger charge is 2.16. The Bertz CT molecular complexity index is 1470. The van der Waals surface area contributed by atoms with Crippen molar-refractivity contribution in [2.75, 3.05) is 20.1 Å². The zero-order valence-corrected chi connectivity index (χ0v) is 25.7. The number of hydrogen-bond donors (Lipinski definition) is 2. The monoisotopic (exact) mass is 584 g/mol. The predicted octanol–water partition coefficient (Wildman–Crippen LogP) is 6.34. The van der Waals surface area contributed by atoms with E-state index in [1.807, 2.05) is 30.5 Å². The molecule has 4 aromatic rings. The molecule has 1 aromatic heterocycles. The van der Waals surface area contributed by atoms with E-state index in [4.69, 9.17) is 4.74 Å². The van der Waals surface area contributed by atoms with E-state index in [9.17, 15) is 9.59 Å². The number of amides is 2. The Hall–Kier alpha value is -4.01. The zero-order chi connectivity index (χ0) is 29.9. The van der Waals surface area contributed by atoms with Gasteiger partial charge in [0.2, 0.25) is 0 Å². The lowest BCUT2D eigenvalue weighted by Crippen LogP contribution is -2.28. The number of nitrogens with one attached hydrogen (secondary N) is 2. The SMILES string of the molecule is Cc1csc(CN(C)C(=O)c2cccc(C(=O)NCCCNCc3cc(OCc4ccccc4)cc(C(C)C)c3)c2)n1. The van der Waals surface area contributed by atoms with Gasteiger partial charge >= 0.3 is 0 Å². The molecule has 0 bridgehead atoms. The molecule has 1 heterocycles. The molecule has 0 aliphatic carbocycles. The van der Waals surface area contributed by atoms with Crippen molar-refractivity contribution in [2.24, 2.45) is 0 Å². The van der Waals surface area contributed by atoms with Crippen LogP contribution in [0.3, 0.4) is 0 Å². The van der Waals surface area contributed by atoms with Gasteiger partial charge in [-0.3, -0.25) is 9.59 Å². The van der Waals surface area contributed by atoms with Gasteiger partial charge in [0.15, 0.2) is 0 Å². The molecule has 4 rings (SSSR count). The van der Waals surface area contributed by atoms with Crippen molar-refractivity contribution in [2.45, 2.75) is 52.8 Å². The Balaban J connectivity index is 1.22. The molecule has 3 aromatic carbocycles. The number of carbonyl (C=O) groups excluding carboxylic acids is 2. The molecule has 0 atom stereocenters. The normalized spacial score (nSPS) is 11.0. The summed E-state index contributed by atoms with van der Waals surface area (Å²) in [5.41, 5.74) is 5.46. The van der Waals surface area contributed by atoms with Crippen LogP contribution in [0.4, 0.5) is 0 Å². The lowest BCUT2D eigenvalue weighted by molar-refractivity contribution is 0.0785. The molecule has 0 aliphatic rings. The van der Waals surface area contributed by atoms with E-state index in [2.05, 4.69) is 59.8 Å². The maximum atomic E-state index is 12.9. The van der Waals surface area contributed by atoms with Crippen LogP contribution in [0.2, 0.25) is 0 Å². The summed E-state index contributed by atoms with van der Waals surface area (Å²) in [5.74, 6) is 0.944. The van der Waals surface area contributed by atoms with Crippen molar-refractivity contribution >= 4 is 23.2 Å². The summed E-state index contributed by atoms with van der Waals surface area (Å²) in [7, 11) is 1.75. The van der Waals surface area contributed by atoms with Crippen LogP contribution in [0.5, 0.6) is 5.75 Å². The summed E-state index contributed by atoms with van der Waals surface area (Å²) in [6, 6.07) is 23.5. The molecule has 2 N–H and O–H groups in total. The quantitative estimate of drug-likeness (QED) is 0.169. The molecule has 42 heavy (non-hydrogen) atoms. The van der Waals surface area contributed by atoms with Gasteiger partial charge in [-0.2, -0.15) is 0 Å². The molecule has 0 unspecified atom stereocenters. The number of carbonyl (C=O) groups is 2. The summed E-state index contributed by atoms with van der Waals surface area (Å²) in [6.45, 7) is 9.28. The van der Waals surface area contributed by atoms with Crippen LogP contribution in [0, 0.1) is 6.92 Å². The highest BCUT2D eigenvalue weighted by Crippen LogP contribution is 2.24. The Morgan fingerprint density at radius 1 is 0.952 bits per heavy atom. The molecule has 0 fully saturated rings. The van der Waals surface area contributed by atoms with E-state index in [0.717, 1.165) is 35.0 Å². The molecule has 2 amide bonds. The lowest BCUT2D eigenvalue weighted by Gasteiger charge is -2.16. The predicted molar refractivity (Wildman–Crippen MR) is 169 cm³/mol. The van der Waals surface area contributed by atoms with E-state index in [0.29, 0.717) is 43.3 Å². The van der Waals surface area contributed by atoms with Crippen molar-refractivity contribution in [3.05, 3.63) is 117 Å². The fourth-order valence-electron chi connectivity index (χ4n) is 4.46. The highest BCUT2D eigenvalue weighted by molar-refractivity contribution is 7.09. The summed E-state index contributed by atoms with van der Waals surface area (Å²) < 4.78 is 6.10. The second-order valence-electron chi connectivity index (χ2n) is 10.8. The molecule has 8 heteroatoms. The van der Waals surface area contributed by atoms with Gasteiger partial charge in [-0.15, -0.1) is 11.3 Å². The standard InChI is InChI=1S/C34H40N4O3S/c1-24(2)30-16-27(17-31(19-30)41-22-26-10-6-5-7-11-26)20-35-14-9-15-36-33(39)28-12-8-13-29(18-28)34(40)38(4)21-32-37-25(3)23-42-32/h5-8,10-13,16-19,23-24,35H,9,14-15,20-22H2,1-4H3,(H,36,39). The number of thiazole rings is 1. The summed E-state index contributed by atoms with van der Waals surface area (Å²) in [6.07, 6.45) is 0.779. The smallest absolute Gasteiger partial charge is 0.253 e. The number of aromatic nitrogens is 1. The van der Waals surface area contributed by atoms with E-state index in [-0.39, 0.29) is 11.8 Å². The highest BCUT2D eigenvalue weighted by atomic mass is 32.1. The Morgan fingerprint density at radius 3 is 2.48 bits per heavy atom. The zero-order valence-electron chi connectivity index (χ0n) is 24.9. The number of ether oxygens (including phenoxy) is 1. The van der Waals surface area contributed by atoms with Crippen molar-refractivity contribution in [3.63, 3.8) is 0 Å². The largest absolute Gasteiger partial charge is 0.489 e. The summed E-state index contributed by atoms with van der Waals surface area (Å²) in [5, 5.41) is 9.30. The third-order valence-corrected chi connectivity index (χ3v) is 7.76. The lowest BCUT2D eigenvalue weighted by atomic mass is 10.0. The van der Waals surface area contributed by atoms with Gasteiger partial charge in [0.05, 0.1) is 6.54 Å². The minimum atomic E-state index is -0.187. The van der Waals surface area contributed by atoms with Crippen molar-refractivity contribution in [1.29, 1.82) is 0 Å². The Kier molecular flexibility index (Phi) is 11.3.